The number of fused-ring (bicyclic) bond motifs is 2. The lowest BCUT2D eigenvalue weighted by atomic mass is 9.65. The Labute approximate surface area is 149 Å². The van der Waals surface area contributed by atoms with Crippen molar-refractivity contribution in [1.29, 1.82) is 0 Å². The molecule has 3 atom stereocenters. The van der Waals surface area contributed by atoms with E-state index in [1.54, 1.807) is 0 Å². The number of carbonyl (C=O) groups excluding carboxylic acids is 1. The maximum absolute atomic E-state index is 12.7. The lowest BCUT2D eigenvalue weighted by molar-refractivity contribution is -0.140. The minimum Gasteiger partial charge on any atom is -0.347 e. The van der Waals surface area contributed by atoms with Crippen LogP contribution in [-0.4, -0.2) is 16.9 Å². The Balaban J connectivity index is 1.65. The summed E-state index contributed by atoms with van der Waals surface area (Å²) in [5, 5.41) is 4.25. The Kier molecular flexibility index (Phi) is 5.39. The van der Waals surface area contributed by atoms with Gasteiger partial charge in [-0.1, -0.05) is 13.3 Å². The maximum atomic E-state index is 12.7. The lowest BCUT2D eigenvalue weighted by Gasteiger charge is -2.43. The average Bonchev–Trinajstić information content (AvgIpc) is 3.02. The van der Waals surface area contributed by atoms with Gasteiger partial charge in [0.15, 0.2) is 5.69 Å². The fourth-order valence-corrected chi connectivity index (χ4v) is 5.17. The first kappa shape index (κ1) is 18.6. The summed E-state index contributed by atoms with van der Waals surface area (Å²) < 4.78 is 38.2. The Bertz CT molecular complexity index is 605. The van der Waals surface area contributed by atoms with Crippen LogP contribution in [0.4, 0.5) is 13.2 Å². The summed E-state index contributed by atoms with van der Waals surface area (Å²) in [5.41, 5.74) is 5.37. The molecule has 0 spiro atoms. The summed E-state index contributed by atoms with van der Waals surface area (Å²) in [7, 11) is 0. The van der Waals surface area contributed by atoms with Crippen LogP contribution in [0.5, 0.6) is 0 Å². The van der Waals surface area contributed by atoms with Gasteiger partial charge in [0.2, 0.25) is 5.91 Å². The van der Waals surface area contributed by atoms with Crippen LogP contribution >= 0.6 is 11.3 Å². The van der Waals surface area contributed by atoms with Gasteiger partial charge >= 0.3 is 6.18 Å². The highest BCUT2D eigenvalue weighted by molar-refractivity contribution is 7.09. The molecule has 4 nitrogen and oxygen atoms in total. The first-order chi connectivity index (χ1) is 11.8. The molecule has 1 amide bonds. The second-order valence-electron chi connectivity index (χ2n) is 7.23. The summed E-state index contributed by atoms with van der Waals surface area (Å²) in [6, 6.07) is -0.280. The van der Waals surface area contributed by atoms with E-state index in [4.69, 9.17) is 5.73 Å². The second-order valence-corrected chi connectivity index (χ2v) is 8.12. The molecule has 25 heavy (non-hydrogen) atoms. The molecule has 0 aromatic carbocycles. The van der Waals surface area contributed by atoms with Crippen molar-refractivity contribution in [2.75, 3.05) is 0 Å². The van der Waals surface area contributed by atoms with E-state index < -0.39 is 17.9 Å². The normalized spacial score (nSPS) is 30.8. The number of halogens is 3. The van der Waals surface area contributed by atoms with Crippen LogP contribution in [0.1, 0.15) is 62.2 Å². The fourth-order valence-electron chi connectivity index (χ4n) is 4.21. The van der Waals surface area contributed by atoms with E-state index in [0.29, 0.717) is 23.3 Å². The topological polar surface area (TPSA) is 68.0 Å². The Morgan fingerprint density at radius 2 is 2.04 bits per heavy atom. The third kappa shape index (κ3) is 4.00. The highest BCUT2D eigenvalue weighted by Gasteiger charge is 2.41. The molecule has 2 aliphatic rings. The molecule has 3 unspecified atom stereocenters. The number of rotatable bonds is 4. The van der Waals surface area contributed by atoms with E-state index in [-0.39, 0.29) is 17.9 Å². The fraction of sp³-hybridized carbons (Fsp3) is 0.765. The molecule has 2 fully saturated rings. The first-order valence-corrected chi connectivity index (χ1v) is 9.76. The number of amides is 1. The quantitative estimate of drug-likeness (QED) is 0.839. The SMILES string of the molecule is CCC(NC(=O)C1CC2CCCC(C1)C2N)c1nc(C(F)(F)F)cs1. The third-order valence-corrected chi connectivity index (χ3v) is 6.58. The number of alkyl halides is 3. The van der Waals surface area contributed by atoms with Crippen LogP contribution in [0.3, 0.4) is 0 Å². The molecule has 1 heterocycles. The van der Waals surface area contributed by atoms with Gasteiger partial charge in [-0.3, -0.25) is 4.79 Å². The van der Waals surface area contributed by atoms with Crippen LogP contribution in [0.25, 0.3) is 0 Å². The van der Waals surface area contributed by atoms with Crippen molar-refractivity contribution in [2.45, 2.75) is 63.7 Å². The number of hydrogen-bond acceptors (Lipinski definition) is 4. The number of hydrogen-bond donors (Lipinski definition) is 2. The molecular formula is C17H24F3N3OS. The Hall–Kier alpha value is -1.15. The average molecular weight is 375 g/mol. The molecule has 1 aromatic rings. The van der Waals surface area contributed by atoms with Crippen molar-refractivity contribution in [3.63, 3.8) is 0 Å². The number of nitrogens with zero attached hydrogens (tertiary/aromatic N) is 1. The monoisotopic (exact) mass is 375 g/mol. The van der Waals surface area contributed by atoms with Gasteiger partial charge in [0, 0.05) is 17.3 Å². The summed E-state index contributed by atoms with van der Waals surface area (Å²) in [5.74, 6) is 0.616. The molecule has 140 valence electrons. The van der Waals surface area contributed by atoms with Gasteiger partial charge in [-0.2, -0.15) is 13.2 Å². The predicted octanol–water partition coefficient (Wildman–Crippen LogP) is 3.88. The molecule has 0 radical (unpaired) electrons. The molecule has 2 aliphatic carbocycles. The molecular weight excluding hydrogens is 351 g/mol. The highest BCUT2D eigenvalue weighted by Crippen LogP contribution is 2.42. The van der Waals surface area contributed by atoms with E-state index in [1.165, 1.54) is 6.42 Å². The summed E-state index contributed by atoms with van der Waals surface area (Å²) in [4.78, 5) is 16.4. The van der Waals surface area contributed by atoms with Crippen LogP contribution in [-0.2, 0) is 11.0 Å². The van der Waals surface area contributed by atoms with Crippen molar-refractivity contribution in [3.8, 4) is 0 Å². The van der Waals surface area contributed by atoms with Crippen LogP contribution in [0.2, 0.25) is 0 Å². The van der Waals surface area contributed by atoms with Gasteiger partial charge in [0.25, 0.3) is 0 Å². The van der Waals surface area contributed by atoms with Crippen molar-refractivity contribution in [2.24, 2.45) is 23.5 Å². The Morgan fingerprint density at radius 3 is 2.56 bits per heavy atom. The minimum absolute atomic E-state index is 0.0700. The van der Waals surface area contributed by atoms with Gasteiger partial charge in [-0.15, -0.1) is 11.3 Å². The van der Waals surface area contributed by atoms with Gasteiger partial charge in [-0.25, -0.2) is 4.98 Å². The highest BCUT2D eigenvalue weighted by atomic mass is 32.1. The van der Waals surface area contributed by atoms with E-state index >= 15 is 0 Å². The van der Waals surface area contributed by atoms with E-state index in [1.807, 2.05) is 6.92 Å². The summed E-state index contributed by atoms with van der Waals surface area (Å²) in [6.07, 6.45) is 0.940. The molecule has 2 bridgehead atoms. The third-order valence-electron chi connectivity index (χ3n) is 5.62. The molecule has 8 heteroatoms. The smallest absolute Gasteiger partial charge is 0.347 e. The van der Waals surface area contributed by atoms with Crippen LogP contribution in [0.15, 0.2) is 5.38 Å². The molecule has 3 rings (SSSR count). The van der Waals surface area contributed by atoms with E-state index in [9.17, 15) is 18.0 Å². The zero-order valence-corrected chi connectivity index (χ0v) is 15.0. The molecule has 3 N–H and O–H groups in total. The number of nitrogens with two attached hydrogens (primary N) is 1. The number of nitrogens with one attached hydrogen (secondary N) is 1. The zero-order valence-electron chi connectivity index (χ0n) is 14.2. The number of aromatic nitrogens is 1. The minimum atomic E-state index is -4.45. The van der Waals surface area contributed by atoms with Crippen molar-refractivity contribution in [1.82, 2.24) is 10.3 Å². The summed E-state index contributed by atoms with van der Waals surface area (Å²) in [6.45, 7) is 1.84. The van der Waals surface area contributed by atoms with Gasteiger partial charge in [0.05, 0.1) is 6.04 Å². The Morgan fingerprint density at radius 1 is 1.40 bits per heavy atom. The zero-order chi connectivity index (χ0) is 18.2. The first-order valence-electron chi connectivity index (χ1n) is 8.88. The molecule has 0 saturated heterocycles. The maximum Gasteiger partial charge on any atom is 0.434 e. The largest absolute Gasteiger partial charge is 0.434 e. The number of thiazole rings is 1. The van der Waals surface area contributed by atoms with Crippen molar-refractivity contribution < 1.29 is 18.0 Å². The van der Waals surface area contributed by atoms with Gasteiger partial charge in [0.1, 0.15) is 5.01 Å². The number of carbonyl (C=O) groups is 1. The van der Waals surface area contributed by atoms with Crippen molar-refractivity contribution >= 4 is 17.2 Å². The van der Waals surface area contributed by atoms with Crippen molar-refractivity contribution in [3.05, 3.63) is 16.1 Å². The molecule has 0 aliphatic heterocycles. The van der Waals surface area contributed by atoms with Gasteiger partial charge < -0.3 is 11.1 Å². The second kappa shape index (κ2) is 7.23. The van der Waals surface area contributed by atoms with Crippen LogP contribution in [0, 0.1) is 17.8 Å². The molecule has 1 aromatic heterocycles. The van der Waals surface area contributed by atoms with Gasteiger partial charge in [-0.05, 0) is 43.9 Å². The lowest BCUT2D eigenvalue weighted by Crippen LogP contribution is -2.49. The van der Waals surface area contributed by atoms with E-state index in [2.05, 4.69) is 10.3 Å². The standard InChI is InChI=1S/C17H24F3N3OS/c1-2-12(16-23-13(8-25-16)17(18,19)20)22-15(24)11-6-9-4-3-5-10(7-11)14(9)21/h8-12,14H,2-7,21H2,1H3,(H,22,24). The van der Waals surface area contributed by atoms with E-state index in [0.717, 1.165) is 42.4 Å². The van der Waals surface area contributed by atoms with Crippen LogP contribution < -0.4 is 11.1 Å². The summed E-state index contributed by atoms with van der Waals surface area (Å²) >= 11 is 0.949. The predicted molar refractivity (Wildman–Crippen MR) is 89.8 cm³/mol. The molecule has 2 saturated carbocycles.